The fraction of sp³-hybridized carbons (Fsp3) is 0.188. The largest absolute Gasteiger partial charge is 0.384 e. The van der Waals surface area contributed by atoms with Crippen molar-refractivity contribution in [1.82, 2.24) is 0 Å². The van der Waals surface area contributed by atoms with Gasteiger partial charge >= 0.3 is 0 Å². The van der Waals surface area contributed by atoms with Gasteiger partial charge in [-0.05, 0) is 29.7 Å². The Hall–Kier alpha value is -2.00. The molecule has 0 amide bonds. The Balaban J connectivity index is 2.00. The molecule has 2 aromatic carbocycles. The number of hydrogen-bond acceptors (Lipinski definition) is 2. The van der Waals surface area contributed by atoms with Crippen LogP contribution in [0, 0.1) is 5.41 Å². The molecule has 0 bridgehead atoms. The van der Waals surface area contributed by atoms with Gasteiger partial charge in [0.25, 0.3) is 0 Å². The molecule has 1 aliphatic heterocycles. The third-order valence-corrected chi connectivity index (χ3v) is 4.05. The minimum Gasteiger partial charge on any atom is -0.384 e. The lowest BCUT2D eigenvalue weighted by molar-refractivity contribution is 0.731. The number of nitrogens with one attached hydrogen (secondary N) is 1. The van der Waals surface area contributed by atoms with Crippen molar-refractivity contribution in [2.75, 3.05) is 11.4 Å². The summed E-state index contributed by atoms with van der Waals surface area (Å²) < 4.78 is 0. The van der Waals surface area contributed by atoms with Crippen molar-refractivity contribution in [3.8, 4) is 0 Å². The van der Waals surface area contributed by atoms with E-state index < -0.39 is 0 Å². The lowest BCUT2D eigenvalue weighted by Gasteiger charge is -2.32. The molecule has 102 valence electrons. The number of nitrogen functional groups attached to an aromatic ring is 1. The van der Waals surface area contributed by atoms with Crippen molar-refractivity contribution in [3.63, 3.8) is 0 Å². The maximum Gasteiger partial charge on any atom is 0.126 e. The molecule has 1 heterocycles. The van der Waals surface area contributed by atoms with Gasteiger partial charge in [-0.2, -0.15) is 0 Å². The van der Waals surface area contributed by atoms with Crippen molar-refractivity contribution in [2.24, 2.45) is 5.73 Å². The van der Waals surface area contributed by atoms with E-state index in [9.17, 15) is 0 Å². The third kappa shape index (κ3) is 2.25. The second kappa shape index (κ2) is 5.17. The molecule has 3 nitrogen and oxygen atoms in total. The van der Waals surface area contributed by atoms with Crippen LogP contribution in [0.15, 0.2) is 42.5 Å². The topological polar surface area (TPSA) is 53.1 Å². The SMILES string of the molecule is N=C(N)c1c(Cl)cccc1N1CCc2ccccc2C1. The highest BCUT2D eigenvalue weighted by Crippen LogP contribution is 2.30. The van der Waals surface area contributed by atoms with Gasteiger partial charge in [0.1, 0.15) is 5.84 Å². The summed E-state index contributed by atoms with van der Waals surface area (Å²) in [6.45, 7) is 1.74. The van der Waals surface area contributed by atoms with E-state index in [0.717, 1.165) is 25.2 Å². The molecule has 0 aromatic heterocycles. The second-order valence-electron chi connectivity index (χ2n) is 4.99. The Morgan fingerprint density at radius 3 is 2.60 bits per heavy atom. The maximum atomic E-state index is 7.75. The van der Waals surface area contributed by atoms with Gasteiger partial charge in [-0.1, -0.05) is 41.9 Å². The van der Waals surface area contributed by atoms with Crippen molar-refractivity contribution in [1.29, 1.82) is 5.41 Å². The Morgan fingerprint density at radius 2 is 1.85 bits per heavy atom. The monoisotopic (exact) mass is 285 g/mol. The van der Waals surface area contributed by atoms with E-state index in [0.29, 0.717) is 10.6 Å². The molecule has 20 heavy (non-hydrogen) atoms. The molecule has 0 saturated carbocycles. The van der Waals surface area contributed by atoms with Crippen LogP contribution in [0.5, 0.6) is 0 Å². The molecule has 0 spiro atoms. The Bertz CT molecular complexity index is 667. The van der Waals surface area contributed by atoms with Crippen LogP contribution in [0.2, 0.25) is 5.02 Å². The Kier molecular flexibility index (Phi) is 3.36. The number of fused-ring (bicyclic) bond motifs is 1. The smallest absolute Gasteiger partial charge is 0.126 e. The third-order valence-electron chi connectivity index (χ3n) is 3.73. The van der Waals surface area contributed by atoms with Gasteiger partial charge < -0.3 is 10.6 Å². The molecule has 3 N–H and O–H groups in total. The van der Waals surface area contributed by atoms with Crippen LogP contribution >= 0.6 is 11.6 Å². The van der Waals surface area contributed by atoms with E-state index in [2.05, 4.69) is 29.2 Å². The number of nitrogens with two attached hydrogens (primary N) is 1. The van der Waals surface area contributed by atoms with E-state index in [4.69, 9.17) is 22.7 Å². The van der Waals surface area contributed by atoms with Crippen molar-refractivity contribution in [2.45, 2.75) is 13.0 Å². The highest BCUT2D eigenvalue weighted by Gasteiger charge is 2.20. The van der Waals surface area contributed by atoms with E-state index in [1.54, 1.807) is 6.07 Å². The van der Waals surface area contributed by atoms with Crippen LogP contribution in [0.25, 0.3) is 0 Å². The van der Waals surface area contributed by atoms with Gasteiger partial charge in [-0.25, -0.2) is 0 Å². The standard InChI is InChI=1S/C16H16ClN3/c17-13-6-3-7-14(15(13)16(18)19)20-9-8-11-4-1-2-5-12(11)10-20/h1-7H,8-10H2,(H3,18,19). The highest BCUT2D eigenvalue weighted by molar-refractivity contribution is 6.34. The normalized spacial score (nSPS) is 13.9. The molecule has 0 unspecified atom stereocenters. The fourth-order valence-corrected chi connectivity index (χ4v) is 3.02. The van der Waals surface area contributed by atoms with Crippen LogP contribution in [-0.4, -0.2) is 12.4 Å². The van der Waals surface area contributed by atoms with E-state index in [1.807, 2.05) is 12.1 Å². The summed E-state index contributed by atoms with van der Waals surface area (Å²) in [5.41, 5.74) is 9.99. The number of amidine groups is 1. The molecule has 3 rings (SSSR count). The first-order valence-corrected chi connectivity index (χ1v) is 6.99. The summed E-state index contributed by atoms with van der Waals surface area (Å²) in [7, 11) is 0. The lowest BCUT2D eigenvalue weighted by atomic mass is 9.98. The molecule has 0 atom stereocenters. The molecule has 0 fully saturated rings. The molecular formula is C16H16ClN3. The molecule has 0 saturated heterocycles. The van der Waals surface area contributed by atoms with Gasteiger partial charge in [-0.3, -0.25) is 5.41 Å². The van der Waals surface area contributed by atoms with Gasteiger partial charge in [-0.15, -0.1) is 0 Å². The van der Waals surface area contributed by atoms with Gasteiger partial charge in [0.15, 0.2) is 0 Å². The number of anilines is 1. The molecule has 0 radical (unpaired) electrons. The number of hydrogen-bond donors (Lipinski definition) is 2. The summed E-state index contributed by atoms with van der Waals surface area (Å²) in [5, 5.41) is 8.28. The highest BCUT2D eigenvalue weighted by atomic mass is 35.5. The first-order chi connectivity index (χ1) is 9.66. The fourth-order valence-electron chi connectivity index (χ4n) is 2.74. The molecule has 2 aromatic rings. The predicted molar refractivity (Wildman–Crippen MR) is 83.7 cm³/mol. The summed E-state index contributed by atoms with van der Waals surface area (Å²) in [6, 6.07) is 14.1. The zero-order chi connectivity index (χ0) is 14.1. The maximum absolute atomic E-state index is 7.75. The second-order valence-corrected chi connectivity index (χ2v) is 5.40. The predicted octanol–water partition coefficient (Wildman–Crippen LogP) is 3.19. The Labute approximate surface area is 123 Å². The molecular weight excluding hydrogens is 270 g/mol. The van der Waals surface area contributed by atoms with Crippen molar-refractivity contribution in [3.05, 3.63) is 64.2 Å². The number of nitrogens with zero attached hydrogens (tertiary/aromatic N) is 1. The van der Waals surface area contributed by atoms with Gasteiger partial charge in [0, 0.05) is 18.8 Å². The van der Waals surface area contributed by atoms with Crippen LogP contribution in [0.1, 0.15) is 16.7 Å². The quantitative estimate of drug-likeness (QED) is 0.658. The first kappa shape index (κ1) is 13.0. The van der Waals surface area contributed by atoms with Crippen LogP contribution < -0.4 is 10.6 Å². The number of halogens is 1. The molecule has 1 aliphatic rings. The summed E-state index contributed by atoms with van der Waals surface area (Å²) in [5.74, 6) is 0.0180. The zero-order valence-electron chi connectivity index (χ0n) is 11.1. The summed E-state index contributed by atoms with van der Waals surface area (Å²) in [4.78, 5) is 2.24. The average Bonchev–Trinajstić information content (AvgIpc) is 2.46. The van der Waals surface area contributed by atoms with Gasteiger partial charge in [0.2, 0.25) is 0 Å². The van der Waals surface area contributed by atoms with Crippen molar-refractivity contribution < 1.29 is 0 Å². The number of rotatable bonds is 2. The summed E-state index contributed by atoms with van der Waals surface area (Å²) in [6.07, 6.45) is 1.00. The van der Waals surface area contributed by atoms with E-state index in [1.165, 1.54) is 11.1 Å². The van der Waals surface area contributed by atoms with Gasteiger partial charge in [0.05, 0.1) is 10.6 Å². The van der Waals surface area contributed by atoms with E-state index >= 15 is 0 Å². The van der Waals surface area contributed by atoms with E-state index in [-0.39, 0.29) is 5.84 Å². The Morgan fingerprint density at radius 1 is 1.10 bits per heavy atom. The average molecular weight is 286 g/mol. The van der Waals surface area contributed by atoms with Crippen LogP contribution in [0.4, 0.5) is 5.69 Å². The van der Waals surface area contributed by atoms with Crippen LogP contribution in [0.3, 0.4) is 0 Å². The van der Waals surface area contributed by atoms with Crippen LogP contribution in [-0.2, 0) is 13.0 Å². The minimum atomic E-state index is 0.0180. The number of benzene rings is 2. The first-order valence-electron chi connectivity index (χ1n) is 6.61. The lowest BCUT2D eigenvalue weighted by Crippen LogP contribution is -2.32. The minimum absolute atomic E-state index is 0.0180. The van der Waals surface area contributed by atoms with Crippen molar-refractivity contribution >= 4 is 23.1 Å². The zero-order valence-corrected chi connectivity index (χ0v) is 11.8. The molecule has 4 heteroatoms. The molecule has 0 aliphatic carbocycles. The summed E-state index contributed by atoms with van der Waals surface area (Å²) >= 11 is 6.20.